The van der Waals surface area contributed by atoms with Crippen molar-refractivity contribution in [3.05, 3.63) is 118 Å². The summed E-state index contributed by atoms with van der Waals surface area (Å²) in [7, 11) is -4.51. The Balaban J connectivity index is 1.58. The van der Waals surface area contributed by atoms with Crippen molar-refractivity contribution in [3.63, 3.8) is 0 Å². The number of rotatable bonds is 9. The first-order chi connectivity index (χ1) is 18.6. The van der Waals surface area contributed by atoms with E-state index in [9.17, 15) is 27.7 Å². The molecular weight excluding hydrogens is 525 g/mol. The van der Waals surface area contributed by atoms with Gasteiger partial charge in [-0.25, -0.2) is 18.2 Å². The molecule has 0 aliphatic heterocycles. The molecule has 0 unspecified atom stereocenters. The maximum atomic E-state index is 14.3. The Hall–Kier alpha value is -4.84. The number of aromatic nitrogens is 1. The maximum absolute atomic E-state index is 14.3. The van der Waals surface area contributed by atoms with Crippen LogP contribution in [0, 0.1) is 29.8 Å². The Kier molecular flexibility index (Phi) is 7.86. The maximum Gasteiger partial charge on any atom is 0.289 e. The molecule has 200 valence electrons. The minimum atomic E-state index is -4.51. The molecule has 0 fully saturated rings. The quantitative estimate of drug-likeness (QED) is 0.187. The number of sulfonamides is 1. The second-order valence-corrected chi connectivity index (χ2v) is 10.3. The number of nitro benzene ring substituents is 1. The Morgan fingerprint density at radius 2 is 1.69 bits per heavy atom. The van der Waals surface area contributed by atoms with Crippen molar-refractivity contribution in [1.82, 2.24) is 9.99 Å². The fraction of sp³-hybridized carbons (Fsp3) is 0.111. The number of para-hydroxylation sites is 3. The zero-order valence-electron chi connectivity index (χ0n) is 21.0. The molecule has 1 aromatic heterocycles. The van der Waals surface area contributed by atoms with Crippen LogP contribution in [0.25, 0.3) is 5.69 Å². The normalized spacial score (nSPS) is 11.5. The minimum Gasteiger partial charge on any atom is -0.315 e. The fourth-order valence-electron chi connectivity index (χ4n) is 4.12. The minimum absolute atomic E-state index is 0.142. The summed E-state index contributed by atoms with van der Waals surface area (Å²) in [5.41, 5.74) is 4.25. The van der Waals surface area contributed by atoms with Crippen LogP contribution in [0.5, 0.6) is 0 Å². The zero-order chi connectivity index (χ0) is 28.2. The highest BCUT2D eigenvalue weighted by molar-refractivity contribution is 7.93. The van der Waals surface area contributed by atoms with Crippen LogP contribution in [0.4, 0.5) is 15.8 Å². The van der Waals surface area contributed by atoms with Crippen molar-refractivity contribution in [2.24, 2.45) is 5.10 Å². The van der Waals surface area contributed by atoms with Gasteiger partial charge in [0.15, 0.2) is 4.90 Å². The number of benzene rings is 3. The molecule has 0 atom stereocenters. The number of hydrogen-bond donors (Lipinski definition) is 1. The average Bonchev–Trinajstić information content (AvgIpc) is 3.20. The van der Waals surface area contributed by atoms with Crippen molar-refractivity contribution in [2.45, 2.75) is 18.7 Å². The van der Waals surface area contributed by atoms with Crippen LogP contribution in [-0.2, 0) is 14.8 Å². The number of nitrogens with zero attached hydrogens (tertiary/aromatic N) is 4. The lowest BCUT2D eigenvalue weighted by molar-refractivity contribution is -0.387. The first kappa shape index (κ1) is 27.2. The number of hydrogen-bond acceptors (Lipinski definition) is 6. The molecule has 1 N–H and O–H groups in total. The number of anilines is 1. The highest BCUT2D eigenvalue weighted by Gasteiger charge is 2.33. The van der Waals surface area contributed by atoms with Crippen LogP contribution in [0.1, 0.15) is 17.0 Å². The smallest absolute Gasteiger partial charge is 0.289 e. The van der Waals surface area contributed by atoms with Gasteiger partial charge in [-0.15, -0.1) is 0 Å². The molecule has 0 bridgehead atoms. The summed E-state index contributed by atoms with van der Waals surface area (Å²) in [6.07, 6.45) is 1.38. The fourth-order valence-corrected chi connectivity index (χ4v) is 5.70. The number of carbonyl (C=O) groups is 1. The highest BCUT2D eigenvalue weighted by atomic mass is 32.2. The van der Waals surface area contributed by atoms with Crippen molar-refractivity contribution >= 4 is 33.5 Å². The molecule has 0 saturated heterocycles. The second-order valence-electron chi connectivity index (χ2n) is 8.48. The zero-order valence-corrected chi connectivity index (χ0v) is 21.8. The first-order valence-corrected chi connectivity index (χ1v) is 13.1. The van der Waals surface area contributed by atoms with E-state index in [0.717, 1.165) is 22.1 Å². The van der Waals surface area contributed by atoms with Gasteiger partial charge in [-0.3, -0.25) is 19.2 Å². The number of halogens is 1. The van der Waals surface area contributed by atoms with Crippen molar-refractivity contribution in [3.8, 4) is 5.69 Å². The average molecular weight is 550 g/mol. The van der Waals surface area contributed by atoms with E-state index in [1.54, 1.807) is 60.9 Å². The molecular formula is C27H24FN5O5S. The van der Waals surface area contributed by atoms with Crippen LogP contribution in [-0.4, -0.2) is 36.6 Å². The molecule has 0 saturated carbocycles. The Bertz CT molecular complexity index is 1670. The molecule has 0 spiro atoms. The molecule has 10 nitrogen and oxygen atoms in total. The van der Waals surface area contributed by atoms with Crippen LogP contribution < -0.4 is 9.73 Å². The SMILES string of the molecule is Cc1cc(/C=N\NC(=O)CN(c2ccccc2)S(=O)(=O)c2ccccc2[N+](=O)[O-])c(C)n1-c1ccccc1F. The lowest BCUT2D eigenvalue weighted by Gasteiger charge is -2.23. The van der Waals surface area contributed by atoms with Crippen molar-refractivity contribution in [1.29, 1.82) is 0 Å². The van der Waals surface area contributed by atoms with Gasteiger partial charge in [-0.2, -0.15) is 5.10 Å². The van der Waals surface area contributed by atoms with Gasteiger partial charge in [-0.1, -0.05) is 42.5 Å². The van der Waals surface area contributed by atoms with Crippen molar-refractivity contribution in [2.75, 3.05) is 10.8 Å². The van der Waals surface area contributed by atoms with E-state index in [0.29, 0.717) is 16.9 Å². The number of amides is 1. The molecule has 0 aliphatic carbocycles. The molecule has 0 radical (unpaired) electrons. The van der Waals surface area contributed by atoms with Crippen molar-refractivity contribution < 1.29 is 22.5 Å². The van der Waals surface area contributed by atoms with E-state index in [2.05, 4.69) is 10.5 Å². The Morgan fingerprint density at radius 1 is 1.05 bits per heavy atom. The van der Waals surface area contributed by atoms with Gasteiger partial charge in [0, 0.05) is 23.0 Å². The van der Waals surface area contributed by atoms with Crippen LogP contribution >= 0.6 is 0 Å². The van der Waals surface area contributed by atoms with Crippen LogP contribution in [0.15, 0.2) is 94.9 Å². The third kappa shape index (κ3) is 5.70. The third-order valence-electron chi connectivity index (χ3n) is 5.92. The summed E-state index contributed by atoms with van der Waals surface area (Å²) in [6.45, 7) is 2.89. The summed E-state index contributed by atoms with van der Waals surface area (Å²) < 4.78 is 43.9. The number of carbonyl (C=O) groups excluding carboxylic acids is 1. The lowest BCUT2D eigenvalue weighted by atomic mass is 10.2. The highest BCUT2D eigenvalue weighted by Crippen LogP contribution is 2.29. The summed E-state index contributed by atoms with van der Waals surface area (Å²) in [6, 6.07) is 20.8. The van der Waals surface area contributed by atoms with E-state index in [4.69, 9.17) is 0 Å². The predicted octanol–water partition coefficient (Wildman–Crippen LogP) is 4.49. The molecule has 1 heterocycles. The number of hydrazone groups is 1. The van der Waals surface area contributed by atoms with Gasteiger partial charge in [0.2, 0.25) is 0 Å². The van der Waals surface area contributed by atoms with Crippen LogP contribution in [0.3, 0.4) is 0 Å². The predicted molar refractivity (Wildman–Crippen MR) is 145 cm³/mol. The van der Waals surface area contributed by atoms with E-state index in [1.165, 1.54) is 36.5 Å². The van der Waals surface area contributed by atoms with Gasteiger partial charge in [0.1, 0.15) is 12.4 Å². The van der Waals surface area contributed by atoms with E-state index in [-0.39, 0.29) is 5.69 Å². The summed E-state index contributed by atoms with van der Waals surface area (Å²) in [4.78, 5) is 23.0. The molecule has 12 heteroatoms. The molecule has 3 aromatic carbocycles. The first-order valence-electron chi connectivity index (χ1n) is 11.7. The Morgan fingerprint density at radius 3 is 2.38 bits per heavy atom. The number of nitro groups is 1. The summed E-state index contributed by atoms with van der Waals surface area (Å²) >= 11 is 0. The number of nitrogens with one attached hydrogen (secondary N) is 1. The molecule has 4 aromatic rings. The van der Waals surface area contributed by atoms with Gasteiger partial charge in [0.25, 0.3) is 21.6 Å². The molecule has 4 rings (SSSR count). The lowest BCUT2D eigenvalue weighted by Crippen LogP contribution is -2.39. The largest absolute Gasteiger partial charge is 0.315 e. The topological polar surface area (TPSA) is 127 Å². The van der Waals surface area contributed by atoms with Crippen LogP contribution in [0.2, 0.25) is 0 Å². The van der Waals surface area contributed by atoms with E-state index >= 15 is 0 Å². The van der Waals surface area contributed by atoms with Gasteiger partial charge in [-0.05, 0) is 50.2 Å². The monoisotopic (exact) mass is 549 g/mol. The number of aryl methyl sites for hydroxylation is 1. The summed E-state index contributed by atoms with van der Waals surface area (Å²) in [5, 5.41) is 15.4. The van der Waals surface area contributed by atoms with E-state index in [1.807, 2.05) is 0 Å². The molecule has 39 heavy (non-hydrogen) atoms. The standard InChI is InChI=1S/C27H24FN5O5S/c1-19-16-21(20(2)32(19)24-13-7-6-12-23(24)28)17-29-30-27(34)18-31(22-10-4-3-5-11-22)39(37,38)26-15-9-8-14-25(26)33(35)36/h3-17H,18H2,1-2H3,(H,30,34)/b29-17-. The van der Waals surface area contributed by atoms with Gasteiger partial charge >= 0.3 is 0 Å². The molecule has 0 aliphatic rings. The third-order valence-corrected chi connectivity index (χ3v) is 7.74. The summed E-state index contributed by atoms with van der Waals surface area (Å²) in [5.74, 6) is -1.17. The molecule has 1 amide bonds. The Labute approximate surface area is 224 Å². The second kappa shape index (κ2) is 11.3. The van der Waals surface area contributed by atoms with E-state index < -0.39 is 43.8 Å². The van der Waals surface area contributed by atoms with Gasteiger partial charge in [0.05, 0.1) is 22.5 Å². The van der Waals surface area contributed by atoms with Gasteiger partial charge < -0.3 is 4.57 Å².